The molecule has 2 fully saturated rings. The number of hydrogen-bond donors (Lipinski definition) is 1. The van der Waals surface area contributed by atoms with Crippen LogP contribution in [0.3, 0.4) is 0 Å². The number of ether oxygens (including phenoxy) is 2. The predicted molar refractivity (Wildman–Crippen MR) is 150 cm³/mol. The van der Waals surface area contributed by atoms with Gasteiger partial charge in [-0.1, -0.05) is 0 Å². The fourth-order valence-corrected chi connectivity index (χ4v) is 5.42. The number of carbonyl (C=O) groups is 1. The highest BCUT2D eigenvalue weighted by atomic mass is 16.6. The number of methoxy groups -OCH3 is 1. The van der Waals surface area contributed by atoms with Crippen molar-refractivity contribution in [2.24, 2.45) is 0 Å². The van der Waals surface area contributed by atoms with Crippen molar-refractivity contribution in [2.45, 2.75) is 51.8 Å². The van der Waals surface area contributed by atoms with Crippen molar-refractivity contribution < 1.29 is 14.3 Å². The lowest BCUT2D eigenvalue weighted by Gasteiger charge is -2.35. The van der Waals surface area contributed by atoms with Gasteiger partial charge < -0.3 is 24.6 Å². The van der Waals surface area contributed by atoms with Gasteiger partial charge in [0.1, 0.15) is 23.0 Å². The third kappa shape index (κ3) is 4.82. The van der Waals surface area contributed by atoms with Crippen LogP contribution in [0.1, 0.15) is 32.8 Å². The van der Waals surface area contributed by atoms with Gasteiger partial charge in [-0.3, -0.25) is 0 Å². The molecule has 1 N–H and O–H groups in total. The first-order chi connectivity index (χ1) is 18.7. The smallest absolute Gasteiger partial charge is 0.410 e. The molecule has 0 spiro atoms. The quantitative estimate of drug-likeness (QED) is 0.384. The van der Waals surface area contributed by atoms with E-state index < -0.39 is 5.60 Å². The second-order valence-corrected chi connectivity index (χ2v) is 11.2. The fourth-order valence-electron chi connectivity index (χ4n) is 5.42. The van der Waals surface area contributed by atoms with E-state index >= 15 is 0 Å². The van der Waals surface area contributed by atoms with Gasteiger partial charge in [-0.25, -0.2) is 19.4 Å². The molecule has 10 heteroatoms. The molecule has 2 atom stereocenters. The number of anilines is 3. The molecular formula is C29H33N7O3. The van der Waals surface area contributed by atoms with Gasteiger partial charge in [0, 0.05) is 43.0 Å². The molecule has 4 aromatic rings. The molecule has 0 radical (unpaired) electrons. The Morgan fingerprint density at radius 1 is 1.03 bits per heavy atom. The van der Waals surface area contributed by atoms with Crippen molar-refractivity contribution in [3.63, 3.8) is 0 Å². The van der Waals surface area contributed by atoms with Crippen LogP contribution in [-0.4, -0.2) is 68.6 Å². The van der Waals surface area contributed by atoms with Crippen molar-refractivity contribution in [3.8, 4) is 11.4 Å². The number of hydrogen-bond acceptors (Lipinski definition) is 8. The molecular weight excluding hydrogens is 494 g/mol. The molecule has 0 aliphatic carbocycles. The Morgan fingerprint density at radius 3 is 2.56 bits per heavy atom. The molecule has 0 unspecified atom stereocenters. The third-order valence-electron chi connectivity index (χ3n) is 7.19. The number of carbonyl (C=O) groups excluding carboxylic acids is 1. The summed E-state index contributed by atoms with van der Waals surface area (Å²) in [5.74, 6) is 3.05. The summed E-state index contributed by atoms with van der Waals surface area (Å²) in [4.78, 5) is 26.0. The summed E-state index contributed by atoms with van der Waals surface area (Å²) >= 11 is 0. The summed E-state index contributed by atoms with van der Waals surface area (Å²) in [5.41, 5.74) is 2.39. The minimum absolute atomic E-state index is 0.114. The fraction of sp³-hybridized carbons (Fsp3) is 0.379. The zero-order chi connectivity index (χ0) is 27.3. The van der Waals surface area contributed by atoms with Crippen LogP contribution in [0.15, 0.2) is 54.9 Å². The monoisotopic (exact) mass is 527 g/mol. The van der Waals surface area contributed by atoms with E-state index in [9.17, 15) is 4.79 Å². The van der Waals surface area contributed by atoms with Gasteiger partial charge >= 0.3 is 6.09 Å². The highest BCUT2D eigenvalue weighted by Gasteiger charge is 2.47. The van der Waals surface area contributed by atoms with Gasteiger partial charge in [0.15, 0.2) is 5.82 Å². The SMILES string of the molecule is COc1ccc2c(Nc3cc(C)ccn3)nn(-c3ccnc(N4C[C@@H]5C[C@H]4CN5C(=O)OC(C)(C)C)c3)c2c1. The molecule has 2 saturated heterocycles. The number of piperazine rings is 1. The van der Waals surface area contributed by atoms with Gasteiger partial charge in [-0.2, -0.15) is 0 Å². The summed E-state index contributed by atoms with van der Waals surface area (Å²) in [6.45, 7) is 9.07. The predicted octanol–water partition coefficient (Wildman–Crippen LogP) is 5.07. The first-order valence-electron chi connectivity index (χ1n) is 13.2. The van der Waals surface area contributed by atoms with Crippen molar-refractivity contribution in [2.75, 3.05) is 30.4 Å². The van der Waals surface area contributed by atoms with Crippen molar-refractivity contribution in [1.29, 1.82) is 0 Å². The minimum Gasteiger partial charge on any atom is -0.497 e. The molecule has 202 valence electrons. The molecule has 5 heterocycles. The number of aromatic nitrogens is 4. The Hall–Kier alpha value is -4.34. The Balaban J connectivity index is 1.30. The zero-order valence-electron chi connectivity index (χ0n) is 22.9. The van der Waals surface area contributed by atoms with Crippen LogP contribution < -0.4 is 15.0 Å². The van der Waals surface area contributed by atoms with Crippen LogP contribution >= 0.6 is 0 Å². The van der Waals surface area contributed by atoms with Crippen LogP contribution in [0.5, 0.6) is 5.75 Å². The lowest BCUT2D eigenvalue weighted by Crippen LogP contribution is -2.50. The topological polar surface area (TPSA) is 97.6 Å². The van der Waals surface area contributed by atoms with E-state index in [0.29, 0.717) is 12.4 Å². The maximum absolute atomic E-state index is 12.7. The van der Waals surface area contributed by atoms with Gasteiger partial charge in [-0.05, 0) is 70.0 Å². The summed E-state index contributed by atoms with van der Waals surface area (Å²) in [6, 6.07) is 14.2. The maximum atomic E-state index is 12.7. The molecule has 6 rings (SSSR count). The molecule has 39 heavy (non-hydrogen) atoms. The number of pyridine rings is 2. The number of rotatable bonds is 5. The zero-order valence-corrected chi connectivity index (χ0v) is 22.9. The Kier molecular flexibility index (Phi) is 6.05. The molecule has 2 aliphatic heterocycles. The molecule has 1 aromatic carbocycles. The highest BCUT2D eigenvalue weighted by molar-refractivity contribution is 5.93. The van der Waals surface area contributed by atoms with E-state index in [-0.39, 0.29) is 18.2 Å². The molecule has 3 aromatic heterocycles. The largest absolute Gasteiger partial charge is 0.497 e. The third-order valence-corrected chi connectivity index (χ3v) is 7.19. The summed E-state index contributed by atoms with van der Waals surface area (Å²) < 4.78 is 13.0. The van der Waals surface area contributed by atoms with Crippen LogP contribution in [-0.2, 0) is 4.74 Å². The molecule has 0 saturated carbocycles. The average molecular weight is 528 g/mol. The minimum atomic E-state index is -0.507. The summed E-state index contributed by atoms with van der Waals surface area (Å²) in [5, 5.41) is 9.27. The van der Waals surface area contributed by atoms with Crippen LogP contribution in [0.4, 0.5) is 22.2 Å². The molecule has 2 aliphatic rings. The second-order valence-electron chi connectivity index (χ2n) is 11.2. The normalized spacial score (nSPS) is 18.6. The number of nitrogens with one attached hydrogen (secondary N) is 1. The summed E-state index contributed by atoms with van der Waals surface area (Å²) in [7, 11) is 1.66. The summed E-state index contributed by atoms with van der Waals surface area (Å²) in [6.07, 6.45) is 4.26. The number of likely N-dealkylation sites (tertiary alicyclic amines) is 1. The number of aryl methyl sites for hydroxylation is 1. The number of nitrogens with zero attached hydrogens (tertiary/aromatic N) is 6. The highest BCUT2D eigenvalue weighted by Crippen LogP contribution is 2.36. The van der Waals surface area contributed by atoms with Crippen LogP contribution in [0.25, 0.3) is 16.6 Å². The Morgan fingerprint density at radius 2 is 1.85 bits per heavy atom. The van der Waals surface area contributed by atoms with Crippen LogP contribution in [0, 0.1) is 6.92 Å². The first-order valence-corrected chi connectivity index (χ1v) is 13.2. The lowest BCUT2D eigenvalue weighted by molar-refractivity contribution is 0.0214. The van der Waals surface area contributed by atoms with Crippen molar-refractivity contribution in [3.05, 3.63) is 60.4 Å². The second kappa shape index (κ2) is 9.44. The standard InChI is InChI=1S/C29H33N7O3/c1-18-8-10-30-25(12-18)32-27-23-7-6-22(38-5)15-24(23)36(33-27)19-9-11-31-26(14-19)34-16-21-13-20(34)17-35(21)28(37)39-29(2,3)4/h6-12,14-15,20-21H,13,16-17H2,1-5H3,(H,30,32,33)/t20-,21-/m0/s1. The van der Waals surface area contributed by atoms with E-state index in [1.807, 2.05) is 79.9 Å². The van der Waals surface area contributed by atoms with Crippen molar-refractivity contribution in [1.82, 2.24) is 24.6 Å². The average Bonchev–Trinajstić information content (AvgIpc) is 3.61. The van der Waals surface area contributed by atoms with Gasteiger partial charge in [0.25, 0.3) is 0 Å². The maximum Gasteiger partial charge on any atom is 0.410 e. The van der Waals surface area contributed by atoms with E-state index in [1.165, 1.54) is 0 Å². The Labute approximate surface area is 227 Å². The van der Waals surface area contributed by atoms with Crippen molar-refractivity contribution >= 4 is 34.4 Å². The van der Waals surface area contributed by atoms with Gasteiger partial charge in [-0.15, -0.1) is 5.10 Å². The van der Waals surface area contributed by atoms with Gasteiger partial charge in [0.05, 0.1) is 30.4 Å². The first kappa shape index (κ1) is 25.0. The van der Waals surface area contributed by atoms with Crippen LogP contribution in [0.2, 0.25) is 0 Å². The Bertz CT molecular complexity index is 1540. The van der Waals surface area contributed by atoms with Gasteiger partial charge in [0.2, 0.25) is 0 Å². The lowest BCUT2D eigenvalue weighted by atomic mass is 10.2. The molecule has 1 amide bonds. The van der Waals surface area contributed by atoms with E-state index in [0.717, 1.165) is 52.5 Å². The molecule has 2 bridgehead atoms. The number of fused-ring (bicyclic) bond motifs is 3. The number of amides is 1. The van der Waals surface area contributed by atoms with E-state index in [1.54, 1.807) is 13.3 Å². The number of benzene rings is 1. The van der Waals surface area contributed by atoms with E-state index in [4.69, 9.17) is 19.6 Å². The molecule has 10 nitrogen and oxygen atoms in total. The van der Waals surface area contributed by atoms with E-state index in [2.05, 4.69) is 21.3 Å².